The van der Waals surface area contributed by atoms with Crippen molar-refractivity contribution >= 4 is 12.2 Å². The highest BCUT2D eigenvalue weighted by Crippen LogP contribution is 2.59. The Bertz CT molecular complexity index is 640. The van der Waals surface area contributed by atoms with Crippen molar-refractivity contribution in [3.8, 4) is 0 Å². The van der Waals surface area contributed by atoms with Gasteiger partial charge < -0.3 is 20.1 Å². The highest BCUT2D eigenvalue weighted by molar-refractivity contribution is 5.70. The summed E-state index contributed by atoms with van der Waals surface area (Å²) in [7, 11) is 0. The lowest BCUT2D eigenvalue weighted by Crippen LogP contribution is -2.42. The van der Waals surface area contributed by atoms with E-state index >= 15 is 0 Å². The minimum Gasteiger partial charge on any atom is -0.465 e. The maximum Gasteiger partial charge on any atom is 0.407 e. The summed E-state index contributed by atoms with van der Waals surface area (Å²) in [6.45, 7) is 6.38. The summed E-state index contributed by atoms with van der Waals surface area (Å²) in [5, 5.41) is 12.2. The van der Waals surface area contributed by atoms with Crippen molar-refractivity contribution in [2.45, 2.75) is 38.8 Å². The number of carbonyl (C=O) groups excluding carboxylic acids is 1. The standard InChI is InChI=1S/C18H24N2O4/c1-17(2,3)24-15(21)19-14-13-10-20(16(22)23)11-18(13,14)9-12-7-5-4-6-8-12/h4-8,13-14H,9-11H2,1-3H3,(H,19,21)(H,22,23)/t13-,14?,18-/m0/s1. The first-order chi connectivity index (χ1) is 11.2. The summed E-state index contributed by atoms with van der Waals surface area (Å²) in [6, 6.07) is 9.95. The zero-order chi connectivity index (χ0) is 17.5. The first kappa shape index (κ1) is 16.6. The normalized spacial score (nSPS) is 28.2. The molecular weight excluding hydrogens is 308 g/mol. The Kier molecular flexibility index (Phi) is 3.94. The van der Waals surface area contributed by atoms with Crippen molar-refractivity contribution in [3.05, 3.63) is 35.9 Å². The Labute approximate surface area is 141 Å². The third-order valence-corrected chi connectivity index (χ3v) is 4.87. The molecule has 2 amide bonds. The van der Waals surface area contributed by atoms with E-state index in [1.54, 1.807) is 0 Å². The number of hydrogen-bond donors (Lipinski definition) is 2. The molecule has 2 fully saturated rings. The molecule has 6 heteroatoms. The number of amides is 2. The average molecular weight is 332 g/mol. The van der Waals surface area contributed by atoms with E-state index < -0.39 is 17.8 Å². The van der Waals surface area contributed by atoms with Crippen LogP contribution in [-0.2, 0) is 11.2 Å². The lowest BCUT2D eigenvalue weighted by Gasteiger charge is -2.24. The molecule has 3 rings (SSSR count). The van der Waals surface area contributed by atoms with Crippen LogP contribution in [0.5, 0.6) is 0 Å². The van der Waals surface area contributed by atoms with Crippen molar-refractivity contribution in [1.82, 2.24) is 10.2 Å². The molecule has 2 aliphatic rings. The van der Waals surface area contributed by atoms with Gasteiger partial charge in [-0.15, -0.1) is 0 Å². The van der Waals surface area contributed by atoms with Crippen LogP contribution in [0.2, 0.25) is 0 Å². The predicted molar refractivity (Wildman–Crippen MR) is 88.8 cm³/mol. The fraction of sp³-hybridized carbons (Fsp3) is 0.556. The Hall–Kier alpha value is -2.24. The lowest BCUT2D eigenvalue weighted by atomic mass is 9.95. The van der Waals surface area contributed by atoms with E-state index in [0.717, 1.165) is 12.0 Å². The number of carbonyl (C=O) groups is 2. The number of alkyl carbamates (subject to hydrolysis) is 1. The Balaban J connectivity index is 1.72. The van der Waals surface area contributed by atoms with Crippen LogP contribution in [-0.4, -0.2) is 46.9 Å². The van der Waals surface area contributed by atoms with Crippen molar-refractivity contribution in [3.63, 3.8) is 0 Å². The SMILES string of the molecule is CC(C)(C)OC(=O)NC1[C@@H]2CN(C(=O)O)C[C@]12Cc1ccccc1. The first-order valence-corrected chi connectivity index (χ1v) is 8.23. The second-order valence-electron chi connectivity index (χ2n) is 7.79. The first-order valence-electron chi connectivity index (χ1n) is 8.23. The molecule has 2 N–H and O–H groups in total. The number of nitrogens with one attached hydrogen (secondary N) is 1. The van der Waals surface area contributed by atoms with Gasteiger partial charge in [0.15, 0.2) is 0 Å². The van der Waals surface area contributed by atoms with Gasteiger partial charge in [0.1, 0.15) is 5.60 Å². The maximum atomic E-state index is 12.1. The third kappa shape index (κ3) is 3.18. The maximum absolute atomic E-state index is 12.1. The van der Waals surface area contributed by atoms with E-state index in [2.05, 4.69) is 5.32 Å². The number of hydrogen-bond acceptors (Lipinski definition) is 3. The topological polar surface area (TPSA) is 78.9 Å². The number of fused-ring (bicyclic) bond motifs is 1. The number of rotatable bonds is 3. The highest BCUT2D eigenvalue weighted by atomic mass is 16.6. The van der Waals surface area contributed by atoms with Crippen molar-refractivity contribution < 1.29 is 19.4 Å². The van der Waals surface area contributed by atoms with Crippen LogP contribution in [0, 0.1) is 11.3 Å². The van der Waals surface area contributed by atoms with Crippen LogP contribution in [0.25, 0.3) is 0 Å². The van der Waals surface area contributed by atoms with Gasteiger partial charge in [0.2, 0.25) is 0 Å². The minimum absolute atomic E-state index is 0.0387. The molecule has 1 heterocycles. The smallest absolute Gasteiger partial charge is 0.407 e. The molecule has 3 atom stereocenters. The quantitative estimate of drug-likeness (QED) is 0.892. The minimum atomic E-state index is -0.898. The molecule has 1 aliphatic carbocycles. The fourth-order valence-corrected chi connectivity index (χ4v) is 3.84. The molecule has 0 aromatic heterocycles. The van der Waals surface area contributed by atoms with Crippen molar-refractivity contribution in [1.29, 1.82) is 0 Å². The molecular formula is C18H24N2O4. The van der Waals surface area contributed by atoms with Crippen LogP contribution in [0.15, 0.2) is 30.3 Å². The molecule has 1 aromatic rings. The summed E-state index contributed by atoms with van der Waals surface area (Å²) >= 11 is 0. The van der Waals surface area contributed by atoms with Gasteiger partial charge in [-0.1, -0.05) is 30.3 Å². The molecule has 1 saturated heterocycles. The van der Waals surface area contributed by atoms with Gasteiger partial charge in [-0.05, 0) is 32.8 Å². The van der Waals surface area contributed by atoms with Crippen molar-refractivity contribution in [2.75, 3.05) is 13.1 Å². The largest absolute Gasteiger partial charge is 0.465 e. The second-order valence-corrected chi connectivity index (χ2v) is 7.79. The number of nitrogens with zero attached hydrogens (tertiary/aromatic N) is 1. The molecule has 24 heavy (non-hydrogen) atoms. The molecule has 1 unspecified atom stereocenters. The molecule has 1 aromatic carbocycles. The summed E-state index contributed by atoms with van der Waals surface area (Å²) in [5.41, 5.74) is 0.382. The lowest BCUT2D eigenvalue weighted by molar-refractivity contribution is 0.0508. The average Bonchev–Trinajstić information content (AvgIpc) is 2.86. The zero-order valence-corrected chi connectivity index (χ0v) is 14.3. The van der Waals surface area contributed by atoms with E-state index in [1.165, 1.54) is 4.90 Å². The highest BCUT2D eigenvalue weighted by Gasteiger charge is 2.70. The van der Waals surface area contributed by atoms with Crippen LogP contribution in [0.1, 0.15) is 26.3 Å². The summed E-state index contributed by atoms with van der Waals surface area (Å²) in [5.74, 6) is 0.140. The third-order valence-electron chi connectivity index (χ3n) is 4.87. The molecule has 6 nitrogen and oxygen atoms in total. The molecule has 1 aliphatic heterocycles. The van der Waals surface area contributed by atoms with Crippen LogP contribution >= 0.6 is 0 Å². The summed E-state index contributed by atoms with van der Waals surface area (Å²) < 4.78 is 5.34. The van der Waals surface area contributed by atoms with Gasteiger partial charge >= 0.3 is 12.2 Å². The number of carboxylic acid groups (broad SMARTS) is 1. The number of likely N-dealkylation sites (tertiary alicyclic amines) is 1. The number of piperidine rings is 1. The summed E-state index contributed by atoms with van der Waals surface area (Å²) in [6.07, 6.45) is -0.579. The Morgan fingerprint density at radius 3 is 2.58 bits per heavy atom. The second kappa shape index (κ2) is 5.69. The molecule has 0 bridgehead atoms. The van der Waals surface area contributed by atoms with Crippen LogP contribution in [0.3, 0.4) is 0 Å². The van der Waals surface area contributed by atoms with E-state index in [-0.39, 0.29) is 17.4 Å². The van der Waals surface area contributed by atoms with Crippen LogP contribution < -0.4 is 5.32 Å². The van der Waals surface area contributed by atoms with Gasteiger partial charge in [-0.25, -0.2) is 9.59 Å². The molecule has 1 saturated carbocycles. The van der Waals surface area contributed by atoms with Gasteiger partial charge in [-0.2, -0.15) is 0 Å². The monoisotopic (exact) mass is 332 g/mol. The van der Waals surface area contributed by atoms with E-state index in [4.69, 9.17) is 4.74 Å². The molecule has 0 radical (unpaired) electrons. The zero-order valence-electron chi connectivity index (χ0n) is 14.3. The fourth-order valence-electron chi connectivity index (χ4n) is 3.84. The number of benzene rings is 1. The van der Waals surface area contributed by atoms with Gasteiger partial charge in [0, 0.05) is 30.5 Å². The number of ether oxygens (including phenoxy) is 1. The predicted octanol–water partition coefficient (Wildman–Crippen LogP) is 2.73. The molecule has 130 valence electrons. The van der Waals surface area contributed by atoms with Crippen LogP contribution in [0.4, 0.5) is 9.59 Å². The Morgan fingerprint density at radius 2 is 2.00 bits per heavy atom. The van der Waals surface area contributed by atoms with Gasteiger partial charge in [0.25, 0.3) is 0 Å². The summed E-state index contributed by atoms with van der Waals surface area (Å²) in [4.78, 5) is 24.8. The van der Waals surface area contributed by atoms with E-state index in [9.17, 15) is 14.7 Å². The molecule has 0 spiro atoms. The van der Waals surface area contributed by atoms with Gasteiger partial charge in [0.05, 0.1) is 0 Å². The van der Waals surface area contributed by atoms with E-state index in [1.807, 2.05) is 51.1 Å². The van der Waals surface area contributed by atoms with Crippen molar-refractivity contribution in [2.24, 2.45) is 11.3 Å². The Morgan fingerprint density at radius 1 is 1.33 bits per heavy atom. The van der Waals surface area contributed by atoms with E-state index in [0.29, 0.717) is 13.1 Å². The van der Waals surface area contributed by atoms with Gasteiger partial charge in [-0.3, -0.25) is 0 Å².